The summed E-state index contributed by atoms with van der Waals surface area (Å²) in [5.74, 6) is 1.25. The fourth-order valence-electron chi connectivity index (χ4n) is 3.75. The topological polar surface area (TPSA) is 32.3 Å². The summed E-state index contributed by atoms with van der Waals surface area (Å²) in [6, 6.07) is 8.93. The summed E-state index contributed by atoms with van der Waals surface area (Å²) in [4.78, 5) is 16.7. The lowest BCUT2D eigenvalue weighted by Crippen LogP contribution is -2.47. The highest BCUT2D eigenvalue weighted by atomic mass is 32.2. The Balaban J connectivity index is 1.88. The molecule has 4 heteroatoms. The van der Waals surface area contributed by atoms with Crippen molar-refractivity contribution in [1.29, 1.82) is 0 Å². The van der Waals surface area contributed by atoms with Crippen LogP contribution in [0.15, 0.2) is 29.2 Å². The van der Waals surface area contributed by atoms with E-state index in [1.165, 1.54) is 25.7 Å². The molecule has 2 aliphatic rings. The summed E-state index contributed by atoms with van der Waals surface area (Å²) in [6.45, 7) is 4.12. The number of carbonyl (C=O) groups is 1. The van der Waals surface area contributed by atoms with E-state index in [2.05, 4.69) is 23.2 Å². The van der Waals surface area contributed by atoms with Gasteiger partial charge >= 0.3 is 0 Å². The molecule has 2 fully saturated rings. The average Bonchev–Trinajstić information content (AvgIpc) is 3.22. The van der Waals surface area contributed by atoms with Crippen LogP contribution in [0.1, 0.15) is 49.4 Å². The summed E-state index contributed by atoms with van der Waals surface area (Å²) in [5, 5.41) is 3.42. The molecule has 3 nitrogen and oxygen atoms in total. The van der Waals surface area contributed by atoms with Gasteiger partial charge in [-0.15, -0.1) is 11.8 Å². The zero-order valence-electron chi connectivity index (χ0n) is 13.4. The lowest BCUT2D eigenvalue weighted by Gasteiger charge is -2.34. The molecule has 1 N–H and O–H groups in total. The van der Waals surface area contributed by atoms with Gasteiger partial charge in [0, 0.05) is 23.5 Å². The van der Waals surface area contributed by atoms with Crippen molar-refractivity contribution in [3.05, 3.63) is 29.8 Å². The van der Waals surface area contributed by atoms with Crippen LogP contribution in [0.25, 0.3) is 0 Å². The molecule has 1 heterocycles. The van der Waals surface area contributed by atoms with Gasteiger partial charge in [-0.2, -0.15) is 0 Å². The maximum Gasteiger partial charge on any atom is 0.255 e. The van der Waals surface area contributed by atoms with Gasteiger partial charge in [0.25, 0.3) is 5.91 Å². The van der Waals surface area contributed by atoms with E-state index in [1.54, 1.807) is 11.8 Å². The molecule has 0 spiro atoms. The average molecular weight is 318 g/mol. The van der Waals surface area contributed by atoms with E-state index >= 15 is 0 Å². The maximum absolute atomic E-state index is 13.3. The van der Waals surface area contributed by atoms with Crippen LogP contribution in [0.3, 0.4) is 0 Å². The molecular weight excluding hydrogens is 292 g/mol. The standard InChI is InChI=1S/C18H26N2OS/c1-2-22-17-10-6-5-9-16(17)18(21)20(14-7-3-4-8-14)15-11-12-19-13-15/h5-6,9-10,14-15,19H,2-4,7-8,11-13H2,1H3. The van der Waals surface area contributed by atoms with Crippen LogP contribution < -0.4 is 5.32 Å². The number of hydrogen-bond acceptors (Lipinski definition) is 3. The zero-order valence-corrected chi connectivity index (χ0v) is 14.2. The molecule has 22 heavy (non-hydrogen) atoms. The molecule has 1 amide bonds. The van der Waals surface area contributed by atoms with Crippen LogP contribution >= 0.6 is 11.8 Å². The first-order valence-electron chi connectivity index (χ1n) is 8.56. The van der Waals surface area contributed by atoms with E-state index in [-0.39, 0.29) is 5.91 Å². The summed E-state index contributed by atoms with van der Waals surface area (Å²) >= 11 is 1.77. The molecule has 0 aromatic heterocycles. The van der Waals surface area contributed by atoms with E-state index in [0.717, 1.165) is 35.7 Å². The van der Waals surface area contributed by atoms with Crippen molar-refractivity contribution in [2.24, 2.45) is 0 Å². The van der Waals surface area contributed by atoms with Gasteiger partial charge in [-0.05, 0) is 43.7 Å². The minimum Gasteiger partial charge on any atom is -0.331 e. The van der Waals surface area contributed by atoms with E-state index in [4.69, 9.17) is 0 Å². The zero-order chi connectivity index (χ0) is 15.4. The lowest BCUT2D eigenvalue weighted by molar-refractivity contribution is 0.0591. The number of nitrogens with zero attached hydrogens (tertiary/aromatic N) is 1. The van der Waals surface area contributed by atoms with Gasteiger partial charge in [0.1, 0.15) is 0 Å². The van der Waals surface area contributed by atoms with E-state index in [1.807, 2.05) is 18.2 Å². The Labute approximate surface area is 137 Å². The molecule has 120 valence electrons. The van der Waals surface area contributed by atoms with Crippen molar-refractivity contribution >= 4 is 17.7 Å². The van der Waals surface area contributed by atoms with E-state index < -0.39 is 0 Å². The van der Waals surface area contributed by atoms with Crippen molar-refractivity contribution in [3.63, 3.8) is 0 Å². The Kier molecular flexibility index (Phi) is 5.42. The minimum atomic E-state index is 0.247. The third kappa shape index (κ3) is 3.33. The Bertz CT molecular complexity index is 492. The van der Waals surface area contributed by atoms with Gasteiger partial charge in [-0.1, -0.05) is 31.9 Å². The van der Waals surface area contributed by atoms with Gasteiger partial charge in [-0.25, -0.2) is 0 Å². The lowest BCUT2D eigenvalue weighted by atomic mass is 10.1. The van der Waals surface area contributed by atoms with Crippen LogP contribution in [0.5, 0.6) is 0 Å². The number of hydrogen-bond donors (Lipinski definition) is 1. The molecular formula is C18H26N2OS. The van der Waals surface area contributed by atoms with Crippen molar-refractivity contribution < 1.29 is 4.79 Å². The van der Waals surface area contributed by atoms with E-state index in [9.17, 15) is 4.79 Å². The van der Waals surface area contributed by atoms with Gasteiger partial charge in [0.05, 0.1) is 5.56 Å². The molecule has 0 bridgehead atoms. The first-order valence-corrected chi connectivity index (χ1v) is 9.55. The number of nitrogens with one attached hydrogen (secondary N) is 1. The van der Waals surface area contributed by atoms with E-state index in [0.29, 0.717) is 12.1 Å². The highest BCUT2D eigenvalue weighted by Crippen LogP contribution is 2.31. The fourth-order valence-corrected chi connectivity index (χ4v) is 4.55. The second kappa shape index (κ2) is 7.51. The SMILES string of the molecule is CCSc1ccccc1C(=O)N(C1CCCC1)C1CCNC1. The number of thioether (sulfide) groups is 1. The Hall–Kier alpha value is -1.00. The summed E-state index contributed by atoms with van der Waals surface area (Å²) in [5.41, 5.74) is 0.896. The fraction of sp³-hybridized carbons (Fsp3) is 0.611. The Morgan fingerprint density at radius 2 is 2.00 bits per heavy atom. The third-order valence-electron chi connectivity index (χ3n) is 4.80. The molecule has 1 aliphatic heterocycles. The van der Waals surface area contributed by atoms with Crippen molar-refractivity contribution in [3.8, 4) is 0 Å². The first-order chi connectivity index (χ1) is 10.8. The predicted molar refractivity (Wildman–Crippen MR) is 92.5 cm³/mol. The second-order valence-corrected chi connectivity index (χ2v) is 7.53. The van der Waals surface area contributed by atoms with Crippen LogP contribution in [0.2, 0.25) is 0 Å². The molecule has 0 radical (unpaired) electrons. The highest BCUT2D eigenvalue weighted by Gasteiger charge is 2.35. The third-order valence-corrected chi connectivity index (χ3v) is 5.75. The highest BCUT2D eigenvalue weighted by molar-refractivity contribution is 7.99. The van der Waals surface area contributed by atoms with Crippen LogP contribution in [-0.2, 0) is 0 Å². The smallest absolute Gasteiger partial charge is 0.255 e. The van der Waals surface area contributed by atoms with Gasteiger partial charge in [0.15, 0.2) is 0 Å². The molecule has 1 saturated heterocycles. The first kappa shape index (κ1) is 15.9. The molecule has 1 aromatic rings. The van der Waals surface area contributed by atoms with Crippen LogP contribution in [0, 0.1) is 0 Å². The minimum absolute atomic E-state index is 0.247. The molecule has 1 aromatic carbocycles. The molecule has 3 rings (SSSR count). The predicted octanol–water partition coefficient (Wildman–Crippen LogP) is 3.55. The number of rotatable bonds is 5. The molecule has 1 atom stereocenters. The normalized spacial score (nSPS) is 22.1. The molecule has 1 unspecified atom stereocenters. The maximum atomic E-state index is 13.3. The van der Waals surface area contributed by atoms with Crippen molar-refractivity contribution in [2.45, 2.75) is 56.0 Å². The largest absolute Gasteiger partial charge is 0.331 e. The summed E-state index contributed by atoms with van der Waals surface area (Å²) in [6.07, 6.45) is 5.96. The van der Waals surface area contributed by atoms with Gasteiger partial charge < -0.3 is 10.2 Å². The monoisotopic (exact) mass is 318 g/mol. The summed E-state index contributed by atoms with van der Waals surface area (Å²) in [7, 11) is 0. The molecule has 1 saturated carbocycles. The summed E-state index contributed by atoms with van der Waals surface area (Å²) < 4.78 is 0. The quantitative estimate of drug-likeness (QED) is 0.843. The van der Waals surface area contributed by atoms with Crippen molar-refractivity contribution in [2.75, 3.05) is 18.8 Å². The number of carbonyl (C=O) groups excluding carboxylic acids is 1. The van der Waals surface area contributed by atoms with Gasteiger partial charge in [-0.3, -0.25) is 4.79 Å². The Morgan fingerprint density at radius 3 is 2.68 bits per heavy atom. The second-order valence-electron chi connectivity index (χ2n) is 6.23. The number of amides is 1. The van der Waals surface area contributed by atoms with Crippen molar-refractivity contribution in [1.82, 2.24) is 10.2 Å². The molecule has 1 aliphatic carbocycles. The Morgan fingerprint density at radius 1 is 1.23 bits per heavy atom. The van der Waals surface area contributed by atoms with Crippen LogP contribution in [-0.4, -0.2) is 41.7 Å². The van der Waals surface area contributed by atoms with Crippen LogP contribution in [0.4, 0.5) is 0 Å². The number of benzene rings is 1. The van der Waals surface area contributed by atoms with Gasteiger partial charge in [0.2, 0.25) is 0 Å².